The summed E-state index contributed by atoms with van der Waals surface area (Å²) in [5.41, 5.74) is 2.48. The van der Waals surface area contributed by atoms with Gasteiger partial charge in [0.05, 0.1) is 7.11 Å². The molecule has 1 N–H and O–H groups in total. The normalized spacial score (nSPS) is 16.1. The van der Waals surface area contributed by atoms with Gasteiger partial charge in [-0.3, -0.25) is 4.90 Å². The molecule has 0 saturated carbocycles. The lowest BCUT2D eigenvalue weighted by Crippen LogP contribution is -2.45. The van der Waals surface area contributed by atoms with Crippen LogP contribution in [0.15, 0.2) is 48.5 Å². The van der Waals surface area contributed by atoms with Crippen LogP contribution in [0.25, 0.3) is 0 Å². The molecule has 0 aromatic heterocycles. The second kappa shape index (κ2) is 10.5. The second-order valence-electron chi connectivity index (χ2n) is 7.96. The molecule has 2 aromatic carbocycles. The van der Waals surface area contributed by atoms with Gasteiger partial charge in [-0.1, -0.05) is 50.2 Å². The number of ether oxygens (including phenoxy) is 2. The van der Waals surface area contributed by atoms with E-state index in [1.54, 1.807) is 7.11 Å². The van der Waals surface area contributed by atoms with Crippen molar-refractivity contribution < 1.29 is 9.47 Å². The SMILES string of the molecule is COc1cc([C@@H](CCC(C)C)N2CCNCC2)ccc1OCc1ccccc1. The maximum Gasteiger partial charge on any atom is 0.161 e. The first-order valence-electron chi connectivity index (χ1n) is 10.5. The molecule has 0 radical (unpaired) electrons. The van der Waals surface area contributed by atoms with Crippen LogP contribution in [0.4, 0.5) is 0 Å². The fourth-order valence-electron chi connectivity index (χ4n) is 3.79. The third kappa shape index (κ3) is 5.73. The van der Waals surface area contributed by atoms with Crippen LogP contribution >= 0.6 is 0 Å². The first-order valence-corrected chi connectivity index (χ1v) is 10.5. The fourth-order valence-corrected chi connectivity index (χ4v) is 3.79. The highest BCUT2D eigenvalue weighted by Gasteiger charge is 2.23. The molecule has 4 heteroatoms. The minimum Gasteiger partial charge on any atom is -0.493 e. The molecule has 1 aliphatic heterocycles. The molecule has 4 nitrogen and oxygen atoms in total. The van der Waals surface area contributed by atoms with Gasteiger partial charge in [0.25, 0.3) is 0 Å². The van der Waals surface area contributed by atoms with E-state index in [0.717, 1.165) is 43.2 Å². The smallest absolute Gasteiger partial charge is 0.161 e. The first-order chi connectivity index (χ1) is 13.7. The van der Waals surface area contributed by atoms with Crippen LogP contribution in [0, 0.1) is 5.92 Å². The zero-order chi connectivity index (χ0) is 19.8. The van der Waals surface area contributed by atoms with Gasteiger partial charge in [-0.2, -0.15) is 0 Å². The van der Waals surface area contributed by atoms with Crippen LogP contribution in [0.1, 0.15) is 43.9 Å². The average Bonchev–Trinajstić information content (AvgIpc) is 2.74. The zero-order valence-electron chi connectivity index (χ0n) is 17.5. The lowest BCUT2D eigenvalue weighted by Gasteiger charge is -2.36. The summed E-state index contributed by atoms with van der Waals surface area (Å²) in [6, 6.07) is 17.1. The zero-order valence-corrected chi connectivity index (χ0v) is 17.5. The summed E-state index contributed by atoms with van der Waals surface area (Å²) >= 11 is 0. The van der Waals surface area contributed by atoms with Crippen molar-refractivity contribution in [2.24, 2.45) is 5.92 Å². The van der Waals surface area contributed by atoms with Gasteiger partial charge in [0, 0.05) is 32.2 Å². The molecule has 0 unspecified atom stereocenters. The Morgan fingerprint density at radius 1 is 0.964 bits per heavy atom. The molecule has 2 aromatic rings. The summed E-state index contributed by atoms with van der Waals surface area (Å²) in [6.45, 7) is 9.47. The number of piperazine rings is 1. The first kappa shape index (κ1) is 20.7. The predicted molar refractivity (Wildman–Crippen MR) is 115 cm³/mol. The Kier molecular flexibility index (Phi) is 7.75. The number of benzene rings is 2. The van der Waals surface area contributed by atoms with E-state index >= 15 is 0 Å². The minimum absolute atomic E-state index is 0.432. The molecule has 1 heterocycles. The van der Waals surface area contributed by atoms with E-state index in [0.29, 0.717) is 18.6 Å². The Hall–Kier alpha value is -2.04. The third-order valence-electron chi connectivity index (χ3n) is 5.42. The number of hydrogen-bond donors (Lipinski definition) is 1. The molecule has 1 aliphatic rings. The van der Waals surface area contributed by atoms with E-state index in [1.165, 1.54) is 18.4 Å². The van der Waals surface area contributed by atoms with Gasteiger partial charge in [-0.05, 0) is 42.0 Å². The van der Waals surface area contributed by atoms with Crippen molar-refractivity contribution in [3.05, 3.63) is 59.7 Å². The van der Waals surface area contributed by atoms with E-state index < -0.39 is 0 Å². The van der Waals surface area contributed by atoms with Crippen LogP contribution in [0.3, 0.4) is 0 Å². The Labute approximate surface area is 169 Å². The van der Waals surface area contributed by atoms with E-state index in [2.05, 4.69) is 54.4 Å². The molecular formula is C24H34N2O2. The van der Waals surface area contributed by atoms with Crippen molar-refractivity contribution in [2.45, 2.75) is 39.3 Å². The predicted octanol–water partition coefficient (Wildman–Crippen LogP) is 4.66. The monoisotopic (exact) mass is 382 g/mol. The molecule has 28 heavy (non-hydrogen) atoms. The Morgan fingerprint density at radius 2 is 1.71 bits per heavy atom. The van der Waals surface area contributed by atoms with Crippen molar-refractivity contribution in [3.8, 4) is 11.5 Å². The highest BCUT2D eigenvalue weighted by atomic mass is 16.5. The standard InChI is InChI=1S/C24H34N2O2/c1-19(2)9-11-22(26-15-13-25-14-16-26)21-10-12-23(24(17-21)27-3)28-18-20-7-5-4-6-8-20/h4-8,10,12,17,19,22,25H,9,11,13-16,18H2,1-3H3/t22-/m1/s1. The maximum absolute atomic E-state index is 6.04. The summed E-state index contributed by atoms with van der Waals surface area (Å²) in [4.78, 5) is 2.61. The van der Waals surface area contributed by atoms with Gasteiger partial charge in [-0.25, -0.2) is 0 Å². The highest BCUT2D eigenvalue weighted by Crippen LogP contribution is 2.35. The van der Waals surface area contributed by atoms with Crippen molar-refractivity contribution in [2.75, 3.05) is 33.3 Å². The van der Waals surface area contributed by atoms with Crippen LogP contribution in [0.2, 0.25) is 0 Å². The lowest BCUT2D eigenvalue weighted by atomic mass is 9.95. The van der Waals surface area contributed by atoms with E-state index in [9.17, 15) is 0 Å². The van der Waals surface area contributed by atoms with Gasteiger partial charge in [0.2, 0.25) is 0 Å². The largest absolute Gasteiger partial charge is 0.493 e. The summed E-state index contributed by atoms with van der Waals surface area (Å²) in [5.74, 6) is 2.33. The van der Waals surface area contributed by atoms with Gasteiger partial charge >= 0.3 is 0 Å². The molecule has 0 amide bonds. The molecule has 0 aliphatic carbocycles. The van der Waals surface area contributed by atoms with Crippen molar-refractivity contribution in [3.63, 3.8) is 0 Å². The van der Waals surface area contributed by atoms with Gasteiger partial charge in [0.15, 0.2) is 11.5 Å². The van der Waals surface area contributed by atoms with E-state index in [4.69, 9.17) is 9.47 Å². The highest BCUT2D eigenvalue weighted by molar-refractivity contribution is 5.44. The van der Waals surface area contributed by atoms with Crippen LogP contribution < -0.4 is 14.8 Å². The third-order valence-corrected chi connectivity index (χ3v) is 5.42. The molecule has 152 valence electrons. The molecule has 0 bridgehead atoms. The molecule has 1 atom stereocenters. The summed E-state index contributed by atoms with van der Waals surface area (Å²) in [6.07, 6.45) is 2.40. The summed E-state index contributed by atoms with van der Waals surface area (Å²) < 4.78 is 11.7. The topological polar surface area (TPSA) is 33.7 Å². The van der Waals surface area contributed by atoms with Gasteiger partial charge < -0.3 is 14.8 Å². The number of rotatable bonds is 9. The van der Waals surface area contributed by atoms with Crippen molar-refractivity contribution >= 4 is 0 Å². The summed E-state index contributed by atoms with van der Waals surface area (Å²) in [7, 11) is 1.72. The van der Waals surface area contributed by atoms with Crippen LogP contribution in [0.5, 0.6) is 11.5 Å². The van der Waals surface area contributed by atoms with Crippen molar-refractivity contribution in [1.82, 2.24) is 10.2 Å². The maximum atomic E-state index is 6.04. The fraction of sp³-hybridized carbons (Fsp3) is 0.500. The van der Waals surface area contributed by atoms with Crippen molar-refractivity contribution in [1.29, 1.82) is 0 Å². The van der Waals surface area contributed by atoms with Crippen LogP contribution in [-0.2, 0) is 6.61 Å². The molecule has 1 fully saturated rings. The molecule has 3 rings (SSSR count). The number of hydrogen-bond acceptors (Lipinski definition) is 4. The molecule has 1 saturated heterocycles. The average molecular weight is 383 g/mol. The Bertz CT molecular complexity index is 712. The Morgan fingerprint density at radius 3 is 2.39 bits per heavy atom. The van der Waals surface area contributed by atoms with Crippen LogP contribution in [-0.4, -0.2) is 38.2 Å². The summed E-state index contributed by atoms with van der Waals surface area (Å²) in [5, 5.41) is 3.46. The van der Waals surface area contributed by atoms with E-state index in [1.807, 2.05) is 18.2 Å². The van der Waals surface area contributed by atoms with E-state index in [-0.39, 0.29) is 0 Å². The van der Waals surface area contributed by atoms with Gasteiger partial charge in [-0.15, -0.1) is 0 Å². The molecule has 0 spiro atoms. The minimum atomic E-state index is 0.432. The second-order valence-corrected chi connectivity index (χ2v) is 7.96. The quantitative estimate of drug-likeness (QED) is 0.684. The Balaban J connectivity index is 1.76. The number of methoxy groups -OCH3 is 1. The number of nitrogens with one attached hydrogen (secondary N) is 1. The lowest BCUT2D eigenvalue weighted by molar-refractivity contribution is 0.159. The van der Waals surface area contributed by atoms with Gasteiger partial charge in [0.1, 0.15) is 6.61 Å². The number of nitrogens with zero attached hydrogens (tertiary/aromatic N) is 1. The molecular weight excluding hydrogens is 348 g/mol.